The second-order valence-electron chi connectivity index (χ2n) is 4.30. The fourth-order valence-corrected chi connectivity index (χ4v) is 3.76. The summed E-state index contributed by atoms with van der Waals surface area (Å²) in [5, 5.41) is 10.8. The maximum Gasteiger partial charge on any atom is 0.203 e. The molecule has 4 nitrogen and oxygen atoms in total. The summed E-state index contributed by atoms with van der Waals surface area (Å²) < 4.78 is 0. The molecule has 0 bridgehead atoms. The Morgan fingerprint density at radius 3 is 2.71 bits per heavy atom. The Kier molecular flexibility index (Phi) is 2.84. The zero-order valence-electron chi connectivity index (χ0n) is 9.64. The van der Waals surface area contributed by atoms with Gasteiger partial charge in [-0.05, 0) is 19.3 Å². The number of nitrogens with two attached hydrogens (primary N) is 1. The fraction of sp³-hybridized carbons (Fsp3) is 0.545. The first-order valence-electron chi connectivity index (χ1n) is 5.87. The van der Waals surface area contributed by atoms with E-state index in [2.05, 4.69) is 17.1 Å². The van der Waals surface area contributed by atoms with Crippen LogP contribution in [-0.4, -0.2) is 15.2 Å². The molecule has 17 heavy (non-hydrogen) atoms. The molecule has 1 aliphatic rings. The lowest BCUT2D eigenvalue weighted by atomic mass is 10.2. The molecule has 2 N–H and O–H groups in total. The first-order valence-corrected chi connectivity index (χ1v) is 7.50. The van der Waals surface area contributed by atoms with Crippen LogP contribution in [0.5, 0.6) is 0 Å². The molecule has 1 fully saturated rings. The van der Waals surface area contributed by atoms with Gasteiger partial charge in [-0.2, -0.15) is 0 Å². The van der Waals surface area contributed by atoms with Gasteiger partial charge in [0.25, 0.3) is 0 Å². The average Bonchev–Trinajstić information content (AvgIpc) is 2.94. The summed E-state index contributed by atoms with van der Waals surface area (Å²) in [5.74, 6) is 0.703. The first-order chi connectivity index (χ1) is 8.28. The maximum atomic E-state index is 5.65. The Morgan fingerprint density at radius 1 is 1.29 bits per heavy atom. The van der Waals surface area contributed by atoms with Gasteiger partial charge in [-0.1, -0.05) is 24.7 Å². The minimum atomic E-state index is 0.531. The van der Waals surface area contributed by atoms with E-state index < -0.39 is 0 Å². The zero-order valence-corrected chi connectivity index (χ0v) is 11.3. The number of nitrogen functional groups attached to an aromatic ring is 1. The molecular formula is C11H14N4S2. The van der Waals surface area contributed by atoms with E-state index in [0.29, 0.717) is 11.0 Å². The molecular weight excluding hydrogens is 252 g/mol. The molecule has 0 atom stereocenters. The van der Waals surface area contributed by atoms with Gasteiger partial charge in [0.05, 0.1) is 15.6 Å². The van der Waals surface area contributed by atoms with E-state index in [1.165, 1.54) is 39.8 Å². The van der Waals surface area contributed by atoms with Gasteiger partial charge in [0.2, 0.25) is 5.13 Å². The van der Waals surface area contributed by atoms with Crippen LogP contribution < -0.4 is 5.73 Å². The molecule has 0 unspecified atom stereocenters. The molecule has 0 radical (unpaired) electrons. The quantitative estimate of drug-likeness (QED) is 0.923. The summed E-state index contributed by atoms with van der Waals surface area (Å²) in [5.41, 5.74) is 6.82. The van der Waals surface area contributed by atoms with Crippen LogP contribution in [0, 0.1) is 0 Å². The third-order valence-corrected chi connectivity index (χ3v) is 4.93. The first kappa shape index (κ1) is 11.1. The molecule has 0 aromatic carbocycles. The Labute approximate surface area is 108 Å². The molecule has 2 heterocycles. The molecule has 90 valence electrons. The highest BCUT2D eigenvalue weighted by molar-refractivity contribution is 7.23. The van der Waals surface area contributed by atoms with Crippen molar-refractivity contribution < 1.29 is 0 Å². The van der Waals surface area contributed by atoms with Crippen LogP contribution >= 0.6 is 22.7 Å². The van der Waals surface area contributed by atoms with E-state index in [1.54, 1.807) is 11.3 Å². The Balaban J connectivity index is 2.00. The number of aryl methyl sites for hydroxylation is 1. The van der Waals surface area contributed by atoms with Crippen LogP contribution in [0.2, 0.25) is 0 Å². The number of hydrogen-bond acceptors (Lipinski definition) is 6. The third-order valence-electron chi connectivity index (χ3n) is 2.76. The van der Waals surface area contributed by atoms with Crippen LogP contribution in [0.15, 0.2) is 0 Å². The van der Waals surface area contributed by atoms with Gasteiger partial charge in [-0.25, -0.2) is 4.98 Å². The van der Waals surface area contributed by atoms with Crippen molar-refractivity contribution in [2.75, 3.05) is 5.73 Å². The fourth-order valence-electron chi connectivity index (χ4n) is 1.77. The number of nitrogens with zero attached hydrogens (tertiary/aromatic N) is 3. The predicted molar refractivity (Wildman–Crippen MR) is 71.4 cm³/mol. The lowest BCUT2D eigenvalue weighted by molar-refractivity contribution is 0.880. The smallest absolute Gasteiger partial charge is 0.203 e. The highest BCUT2D eigenvalue weighted by atomic mass is 32.1. The largest absolute Gasteiger partial charge is 0.374 e. The number of anilines is 1. The predicted octanol–water partition coefficient (Wildman–Crippen LogP) is 3.07. The lowest BCUT2D eigenvalue weighted by Crippen LogP contribution is -1.87. The number of hydrogen-bond donors (Lipinski definition) is 1. The van der Waals surface area contributed by atoms with E-state index in [0.717, 1.165) is 17.8 Å². The molecule has 0 spiro atoms. The molecule has 6 heteroatoms. The standard InChI is InChI=1S/C11H14N4S2/c1-2-3-7-8(10-14-15-11(12)17-10)16-9(13-7)6-4-5-6/h6H,2-5H2,1H3,(H2,12,15). The second-order valence-corrected chi connectivity index (χ2v) is 6.34. The molecule has 0 amide bonds. The molecule has 1 aliphatic carbocycles. The van der Waals surface area contributed by atoms with Gasteiger partial charge in [0.15, 0.2) is 5.01 Å². The van der Waals surface area contributed by atoms with Crippen molar-refractivity contribution in [2.24, 2.45) is 0 Å². The van der Waals surface area contributed by atoms with Crippen LogP contribution in [0.25, 0.3) is 9.88 Å². The lowest BCUT2D eigenvalue weighted by Gasteiger charge is -1.94. The maximum absolute atomic E-state index is 5.65. The SMILES string of the molecule is CCCc1nc(C2CC2)sc1-c1nnc(N)s1. The van der Waals surface area contributed by atoms with Crippen molar-refractivity contribution in [2.45, 2.75) is 38.5 Å². The normalized spacial score (nSPS) is 15.4. The van der Waals surface area contributed by atoms with Crippen molar-refractivity contribution in [3.05, 3.63) is 10.7 Å². The van der Waals surface area contributed by atoms with Gasteiger partial charge < -0.3 is 5.73 Å². The monoisotopic (exact) mass is 266 g/mol. The Bertz CT molecular complexity index is 527. The van der Waals surface area contributed by atoms with Crippen molar-refractivity contribution in [3.63, 3.8) is 0 Å². The topological polar surface area (TPSA) is 64.7 Å². The van der Waals surface area contributed by atoms with E-state index in [4.69, 9.17) is 10.7 Å². The number of rotatable bonds is 4. The highest BCUT2D eigenvalue weighted by Gasteiger charge is 2.29. The van der Waals surface area contributed by atoms with E-state index >= 15 is 0 Å². The van der Waals surface area contributed by atoms with E-state index in [9.17, 15) is 0 Å². The molecule has 0 aliphatic heterocycles. The number of thiazole rings is 1. The Hall–Kier alpha value is -1.01. The van der Waals surface area contributed by atoms with Gasteiger partial charge in [0.1, 0.15) is 0 Å². The van der Waals surface area contributed by atoms with E-state index in [1.807, 2.05) is 0 Å². The van der Waals surface area contributed by atoms with Crippen LogP contribution in [0.4, 0.5) is 5.13 Å². The zero-order chi connectivity index (χ0) is 11.8. The van der Waals surface area contributed by atoms with Gasteiger partial charge in [0, 0.05) is 5.92 Å². The Morgan fingerprint density at radius 2 is 2.12 bits per heavy atom. The molecule has 3 rings (SSSR count). The molecule has 1 saturated carbocycles. The van der Waals surface area contributed by atoms with Crippen LogP contribution in [0.3, 0.4) is 0 Å². The molecule has 2 aromatic rings. The molecule has 2 aromatic heterocycles. The summed E-state index contributed by atoms with van der Waals surface area (Å²) in [4.78, 5) is 5.95. The summed E-state index contributed by atoms with van der Waals surface area (Å²) in [7, 11) is 0. The summed E-state index contributed by atoms with van der Waals surface area (Å²) in [6.45, 7) is 2.17. The van der Waals surface area contributed by atoms with Crippen LogP contribution in [0.1, 0.15) is 42.8 Å². The summed E-state index contributed by atoms with van der Waals surface area (Å²) in [6.07, 6.45) is 4.70. The minimum Gasteiger partial charge on any atom is -0.374 e. The van der Waals surface area contributed by atoms with Crippen molar-refractivity contribution >= 4 is 27.8 Å². The molecule has 0 saturated heterocycles. The van der Waals surface area contributed by atoms with Gasteiger partial charge >= 0.3 is 0 Å². The van der Waals surface area contributed by atoms with Crippen molar-refractivity contribution in [1.82, 2.24) is 15.2 Å². The second kappa shape index (κ2) is 4.34. The van der Waals surface area contributed by atoms with Crippen molar-refractivity contribution in [3.8, 4) is 9.88 Å². The average molecular weight is 266 g/mol. The van der Waals surface area contributed by atoms with Crippen LogP contribution in [-0.2, 0) is 6.42 Å². The van der Waals surface area contributed by atoms with Gasteiger partial charge in [-0.15, -0.1) is 21.5 Å². The summed E-state index contributed by atoms with van der Waals surface area (Å²) >= 11 is 3.23. The van der Waals surface area contributed by atoms with Crippen molar-refractivity contribution in [1.29, 1.82) is 0 Å². The summed E-state index contributed by atoms with van der Waals surface area (Å²) in [6, 6.07) is 0. The highest BCUT2D eigenvalue weighted by Crippen LogP contribution is 2.45. The van der Waals surface area contributed by atoms with E-state index in [-0.39, 0.29) is 0 Å². The van der Waals surface area contributed by atoms with Gasteiger partial charge in [-0.3, -0.25) is 0 Å². The minimum absolute atomic E-state index is 0.531. The number of aromatic nitrogens is 3. The third kappa shape index (κ3) is 2.19.